The molecule has 3 atom stereocenters. The Bertz CT molecular complexity index is 1270. The Labute approximate surface area is 233 Å². The number of hydrogen-bond acceptors (Lipinski definition) is 7. The van der Waals surface area contributed by atoms with Gasteiger partial charge in [0.2, 0.25) is 5.91 Å². The van der Waals surface area contributed by atoms with Crippen LogP contribution in [0.4, 0.5) is 0 Å². The molecule has 11 heteroatoms. The van der Waals surface area contributed by atoms with Crippen molar-refractivity contribution in [2.75, 3.05) is 20.3 Å². The minimum atomic E-state index is -3.97. The lowest BCUT2D eigenvalue weighted by atomic mass is 10.00. The van der Waals surface area contributed by atoms with E-state index in [4.69, 9.17) is 25.4 Å². The van der Waals surface area contributed by atoms with Gasteiger partial charge in [-0.25, -0.2) is 4.57 Å². The summed E-state index contributed by atoms with van der Waals surface area (Å²) in [6.45, 7) is 3.55. The molecule has 0 aliphatic rings. The van der Waals surface area contributed by atoms with Gasteiger partial charge < -0.3 is 19.3 Å². The topological polar surface area (TPSA) is 112 Å². The van der Waals surface area contributed by atoms with Gasteiger partial charge >= 0.3 is 13.7 Å². The summed E-state index contributed by atoms with van der Waals surface area (Å²) in [7, 11) is -2.74. The molecule has 0 aliphatic carbocycles. The van der Waals surface area contributed by atoms with Gasteiger partial charge in [0.25, 0.3) is 0 Å². The lowest BCUT2D eigenvalue weighted by Gasteiger charge is -2.22. The van der Waals surface area contributed by atoms with E-state index in [1.807, 2.05) is 54.6 Å². The number of hydrogen-bond donors (Lipinski definition) is 2. The zero-order valence-electron chi connectivity index (χ0n) is 22.0. The highest BCUT2D eigenvalue weighted by Gasteiger charge is 2.32. The number of rotatable bonds is 14. The largest absolute Gasteiger partial charge is 0.468 e. The van der Waals surface area contributed by atoms with Crippen LogP contribution in [0.3, 0.4) is 0 Å². The molecule has 3 rings (SSSR count). The third-order valence-electron chi connectivity index (χ3n) is 5.56. The predicted octanol–water partition coefficient (Wildman–Crippen LogP) is 6.10. The van der Waals surface area contributed by atoms with E-state index in [0.717, 1.165) is 5.56 Å². The minimum absolute atomic E-state index is 0.0131. The molecule has 0 saturated carbocycles. The van der Waals surface area contributed by atoms with Crippen LogP contribution in [0.15, 0.2) is 78.9 Å². The monoisotopic (exact) mass is 574 g/mol. The fraction of sp³-hybridized carbons (Fsp3) is 0.286. The number of nitrogens with one attached hydrogen (secondary N) is 2. The molecular weight excluding hydrogens is 543 g/mol. The van der Waals surface area contributed by atoms with Crippen LogP contribution in [0.25, 0.3) is 0 Å². The maximum Gasteiger partial charge on any atom is 0.459 e. The van der Waals surface area contributed by atoms with Gasteiger partial charge in [0.15, 0.2) is 0 Å². The Morgan fingerprint density at radius 2 is 1.62 bits per heavy atom. The second-order valence-corrected chi connectivity index (χ2v) is 10.7. The van der Waals surface area contributed by atoms with Crippen LogP contribution < -0.4 is 19.7 Å². The molecule has 0 fully saturated rings. The molecular formula is C28H32ClN2O7P. The zero-order chi connectivity index (χ0) is 28.3. The summed E-state index contributed by atoms with van der Waals surface area (Å²) in [6.07, 6.45) is 0.345. The molecule has 0 saturated heterocycles. The molecule has 39 heavy (non-hydrogen) atoms. The molecule has 0 bridgehead atoms. The van der Waals surface area contributed by atoms with Crippen molar-refractivity contribution < 1.29 is 32.7 Å². The summed E-state index contributed by atoms with van der Waals surface area (Å²) in [4.78, 5) is 24.6. The maximum absolute atomic E-state index is 13.4. The normalized spacial score (nSPS) is 13.9. The Morgan fingerprint density at radius 1 is 0.923 bits per heavy atom. The average Bonchev–Trinajstić information content (AvgIpc) is 2.93. The van der Waals surface area contributed by atoms with Gasteiger partial charge in [-0.2, -0.15) is 5.09 Å². The molecule has 3 unspecified atom stereocenters. The van der Waals surface area contributed by atoms with Crippen molar-refractivity contribution in [2.45, 2.75) is 32.2 Å². The first-order valence-corrected chi connectivity index (χ1v) is 14.3. The number of amides is 1. The van der Waals surface area contributed by atoms with Gasteiger partial charge in [-0.3, -0.25) is 14.1 Å². The summed E-state index contributed by atoms with van der Waals surface area (Å²) in [5, 5.41) is 5.92. The van der Waals surface area contributed by atoms with Gasteiger partial charge in [-0.1, -0.05) is 41.9 Å². The molecule has 9 nitrogen and oxygen atoms in total. The van der Waals surface area contributed by atoms with Crippen molar-refractivity contribution in [3.05, 3.63) is 89.4 Å². The number of carbonyl (C=O) groups is 2. The highest BCUT2D eigenvalue weighted by Crippen LogP contribution is 2.45. The second kappa shape index (κ2) is 14.7. The zero-order valence-corrected chi connectivity index (χ0v) is 23.6. The minimum Gasteiger partial charge on any atom is -0.468 e. The van der Waals surface area contributed by atoms with Gasteiger partial charge in [0.1, 0.15) is 23.3 Å². The fourth-order valence-corrected chi connectivity index (χ4v) is 5.09. The van der Waals surface area contributed by atoms with E-state index < -0.39 is 25.7 Å². The van der Waals surface area contributed by atoms with E-state index in [9.17, 15) is 14.2 Å². The third kappa shape index (κ3) is 9.71. The summed E-state index contributed by atoms with van der Waals surface area (Å²) < 4.78 is 35.0. The van der Waals surface area contributed by atoms with E-state index in [2.05, 4.69) is 15.1 Å². The highest BCUT2D eigenvalue weighted by atomic mass is 35.5. The SMILES string of the molecule is COC(=O)C(C)NP(=O)(OCCCNC(=O)C(C)c1cccc(Oc2ccccc2)c1)Oc1ccc(Cl)cc1. The molecule has 0 spiro atoms. The highest BCUT2D eigenvalue weighted by molar-refractivity contribution is 7.52. The number of carbonyl (C=O) groups excluding carboxylic acids is 2. The lowest BCUT2D eigenvalue weighted by molar-refractivity contribution is -0.142. The summed E-state index contributed by atoms with van der Waals surface area (Å²) in [5.41, 5.74) is 0.805. The molecule has 0 aromatic heterocycles. The van der Waals surface area contributed by atoms with E-state index in [1.54, 1.807) is 19.1 Å². The molecule has 0 aliphatic heterocycles. The van der Waals surface area contributed by atoms with E-state index >= 15 is 0 Å². The van der Waals surface area contributed by atoms with Crippen molar-refractivity contribution in [3.63, 3.8) is 0 Å². The average molecular weight is 575 g/mol. The summed E-state index contributed by atoms with van der Waals surface area (Å²) in [5.74, 6) is 0.361. The standard InChI is InChI=1S/C28H32ClN2O7P/c1-20(22-9-7-12-26(19-22)37-24-10-5-4-6-11-24)27(32)30-17-8-18-36-39(34,31-21(2)28(33)35-3)38-25-15-13-23(29)14-16-25/h4-7,9-16,19-21H,8,17-18H2,1-3H3,(H,30,32)(H,31,34). The Hall–Kier alpha value is -3.36. The number of para-hydroxylation sites is 1. The Kier molecular flexibility index (Phi) is 11.4. The number of esters is 1. The maximum atomic E-state index is 13.4. The number of methoxy groups -OCH3 is 1. The smallest absolute Gasteiger partial charge is 0.459 e. The van der Waals surface area contributed by atoms with Crippen LogP contribution in [-0.4, -0.2) is 38.2 Å². The second-order valence-electron chi connectivity index (χ2n) is 8.60. The van der Waals surface area contributed by atoms with E-state index in [1.165, 1.54) is 26.2 Å². The van der Waals surface area contributed by atoms with Crippen molar-refractivity contribution >= 4 is 31.2 Å². The van der Waals surface area contributed by atoms with Gasteiger partial charge in [-0.15, -0.1) is 0 Å². The summed E-state index contributed by atoms with van der Waals surface area (Å²) in [6, 6.07) is 22.0. The van der Waals surface area contributed by atoms with Crippen LogP contribution in [0, 0.1) is 0 Å². The fourth-order valence-electron chi connectivity index (χ4n) is 3.44. The van der Waals surface area contributed by atoms with Crippen molar-refractivity contribution in [2.24, 2.45) is 0 Å². The van der Waals surface area contributed by atoms with Crippen molar-refractivity contribution in [1.82, 2.24) is 10.4 Å². The molecule has 0 heterocycles. The van der Waals surface area contributed by atoms with Crippen LogP contribution in [-0.2, 0) is 23.4 Å². The predicted molar refractivity (Wildman–Crippen MR) is 149 cm³/mol. The Balaban J connectivity index is 1.51. The van der Waals surface area contributed by atoms with E-state index in [0.29, 0.717) is 22.9 Å². The molecule has 208 valence electrons. The molecule has 2 N–H and O–H groups in total. The first-order valence-electron chi connectivity index (χ1n) is 12.3. The number of ether oxygens (including phenoxy) is 2. The Morgan fingerprint density at radius 3 is 2.31 bits per heavy atom. The summed E-state index contributed by atoms with van der Waals surface area (Å²) >= 11 is 5.90. The molecule has 1 amide bonds. The lowest BCUT2D eigenvalue weighted by Crippen LogP contribution is -2.34. The van der Waals surface area contributed by atoms with Gasteiger partial charge in [0.05, 0.1) is 19.6 Å². The van der Waals surface area contributed by atoms with Crippen molar-refractivity contribution in [1.29, 1.82) is 0 Å². The van der Waals surface area contributed by atoms with Crippen molar-refractivity contribution in [3.8, 4) is 17.2 Å². The van der Waals surface area contributed by atoms with Crippen LogP contribution in [0.5, 0.6) is 17.2 Å². The van der Waals surface area contributed by atoms with Gasteiger partial charge in [0, 0.05) is 11.6 Å². The quantitative estimate of drug-likeness (QED) is 0.135. The first-order chi connectivity index (χ1) is 18.7. The molecule has 3 aromatic rings. The molecule has 0 radical (unpaired) electrons. The third-order valence-corrected chi connectivity index (χ3v) is 7.49. The van der Waals surface area contributed by atoms with E-state index in [-0.39, 0.29) is 24.8 Å². The van der Waals surface area contributed by atoms with Gasteiger partial charge in [-0.05, 0) is 74.4 Å². The number of halogens is 1. The van der Waals surface area contributed by atoms with Crippen LogP contribution in [0.1, 0.15) is 31.7 Å². The van der Waals surface area contributed by atoms with Crippen LogP contribution in [0.2, 0.25) is 5.02 Å². The first kappa shape index (κ1) is 30.2. The molecule has 3 aromatic carbocycles. The van der Waals surface area contributed by atoms with Crippen LogP contribution >= 0.6 is 19.3 Å². The number of benzene rings is 3.